The van der Waals surface area contributed by atoms with Crippen molar-refractivity contribution in [2.24, 2.45) is 16.7 Å². The van der Waals surface area contributed by atoms with Gasteiger partial charge in [-0.15, -0.1) is 0 Å². The van der Waals surface area contributed by atoms with Crippen molar-refractivity contribution < 1.29 is 27.5 Å². The molecule has 4 heterocycles. The third-order valence-corrected chi connectivity index (χ3v) is 15.5. The van der Waals surface area contributed by atoms with E-state index in [0.717, 1.165) is 77.8 Å². The number of carbonyl (C=O) groups excluding carboxylic acids is 3. The summed E-state index contributed by atoms with van der Waals surface area (Å²) in [7, 11) is -2.14. The number of fused-ring (bicyclic) bond motifs is 6. The van der Waals surface area contributed by atoms with Gasteiger partial charge < -0.3 is 19.1 Å². The fraction of sp³-hybridized carbons (Fsp3) is 0.575. The molecule has 2 aromatic rings. The third-order valence-electron chi connectivity index (χ3n) is 13.8. The zero-order chi connectivity index (χ0) is 35.6. The van der Waals surface area contributed by atoms with Crippen LogP contribution in [0.25, 0.3) is 10.9 Å². The number of hydrogen-bond donors (Lipinski definition) is 1. The Balaban J connectivity index is 1.16. The van der Waals surface area contributed by atoms with Gasteiger partial charge in [-0.25, -0.2) is 13.1 Å². The van der Waals surface area contributed by atoms with Gasteiger partial charge >= 0.3 is 0 Å². The summed E-state index contributed by atoms with van der Waals surface area (Å²) < 4.78 is 36.3. The quantitative estimate of drug-likeness (QED) is 0.435. The fourth-order valence-corrected chi connectivity index (χ4v) is 11.5. The van der Waals surface area contributed by atoms with E-state index in [1.54, 1.807) is 27.9 Å². The van der Waals surface area contributed by atoms with Gasteiger partial charge in [0.05, 0.1) is 29.4 Å². The maximum atomic E-state index is 15.0. The van der Waals surface area contributed by atoms with Gasteiger partial charge in [0.2, 0.25) is 21.8 Å². The van der Waals surface area contributed by atoms with Crippen molar-refractivity contribution in [2.75, 3.05) is 33.3 Å². The number of nitrogens with one attached hydrogen (secondary N) is 1. The van der Waals surface area contributed by atoms with Crippen molar-refractivity contribution >= 4 is 38.6 Å². The van der Waals surface area contributed by atoms with Gasteiger partial charge in [0.15, 0.2) is 0 Å². The zero-order valence-electron chi connectivity index (χ0n) is 30.1. The summed E-state index contributed by atoms with van der Waals surface area (Å²) >= 11 is 0. The van der Waals surface area contributed by atoms with Crippen molar-refractivity contribution in [3.05, 3.63) is 63.9 Å². The summed E-state index contributed by atoms with van der Waals surface area (Å²) in [5, 5.41) is 0.268. The number of methoxy groups -OCH3 is 1. The van der Waals surface area contributed by atoms with E-state index in [4.69, 9.17) is 4.74 Å². The summed E-state index contributed by atoms with van der Waals surface area (Å²) in [6.07, 6.45) is 12.6. The number of nitrogens with zero attached hydrogens (tertiary/aromatic N) is 3. The van der Waals surface area contributed by atoms with Crippen LogP contribution in [0.2, 0.25) is 0 Å². The van der Waals surface area contributed by atoms with Crippen LogP contribution in [-0.2, 0) is 31.0 Å². The van der Waals surface area contributed by atoms with Crippen LogP contribution in [0, 0.1) is 16.7 Å². The van der Waals surface area contributed by atoms with Crippen LogP contribution in [0.4, 0.5) is 0 Å². The maximum Gasteiger partial charge on any atom is 0.265 e. The lowest BCUT2D eigenvalue weighted by molar-refractivity contribution is -0.135. The average Bonchev–Trinajstić information content (AvgIpc) is 3.59. The minimum absolute atomic E-state index is 0.0286. The Morgan fingerprint density at radius 2 is 1.67 bits per heavy atom. The van der Waals surface area contributed by atoms with Crippen LogP contribution < -0.4 is 9.46 Å². The number of hydrogen-bond acceptors (Lipinski definition) is 6. The molecule has 0 spiro atoms. The molecule has 4 fully saturated rings. The van der Waals surface area contributed by atoms with E-state index < -0.39 is 21.2 Å². The summed E-state index contributed by atoms with van der Waals surface area (Å²) in [6, 6.07) is 6.51. The molecule has 11 heteroatoms. The van der Waals surface area contributed by atoms with E-state index in [9.17, 15) is 22.8 Å². The second-order valence-electron chi connectivity index (χ2n) is 16.7. The number of allylic oxidation sites excluding steroid dienone is 4. The number of amides is 3. The Morgan fingerprint density at radius 3 is 2.29 bits per heavy atom. The first-order chi connectivity index (χ1) is 24.4. The molecule has 2 saturated heterocycles. The lowest BCUT2D eigenvalue weighted by Gasteiger charge is -2.48. The number of aromatic nitrogens is 1. The van der Waals surface area contributed by atoms with Crippen LogP contribution in [0.3, 0.4) is 0 Å². The van der Waals surface area contributed by atoms with Gasteiger partial charge in [-0.3, -0.25) is 14.4 Å². The number of carbonyl (C=O) groups is 3. The summed E-state index contributed by atoms with van der Waals surface area (Å²) in [4.78, 5) is 45.2. The Kier molecular flexibility index (Phi) is 7.33. The molecule has 2 unspecified atom stereocenters. The second-order valence-corrected chi connectivity index (χ2v) is 18.9. The summed E-state index contributed by atoms with van der Waals surface area (Å²) in [5.41, 5.74) is 6.37. The number of benzene rings is 1. The largest absolute Gasteiger partial charge is 0.496 e. The van der Waals surface area contributed by atoms with E-state index >= 15 is 0 Å². The molecule has 3 aliphatic heterocycles. The molecule has 9 rings (SSSR count). The first kappa shape index (κ1) is 33.0. The molecule has 2 saturated carbocycles. The molecule has 0 bridgehead atoms. The normalized spacial score (nSPS) is 29.7. The average molecular weight is 713 g/mol. The molecule has 10 nitrogen and oxygen atoms in total. The molecular weight excluding hydrogens is 665 g/mol. The van der Waals surface area contributed by atoms with Crippen LogP contribution >= 0.6 is 0 Å². The van der Waals surface area contributed by atoms with Crippen molar-refractivity contribution in [1.29, 1.82) is 0 Å². The lowest BCUT2D eigenvalue weighted by Crippen LogP contribution is -2.49. The molecule has 1 aromatic carbocycles. The van der Waals surface area contributed by atoms with E-state index in [1.165, 1.54) is 24.8 Å². The predicted octanol–water partition coefficient (Wildman–Crippen LogP) is 5.30. The molecule has 4 aliphatic carbocycles. The molecule has 7 aliphatic rings. The topological polar surface area (TPSA) is 118 Å². The Hall–Kier alpha value is -3.86. The smallest absolute Gasteiger partial charge is 0.265 e. The van der Waals surface area contributed by atoms with Crippen molar-refractivity contribution in [2.45, 2.75) is 95.8 Å². The SMILES string of the molecule is COc1ccc(C2CCCCC2)c2c1cc1n2CC2=C(C(=O)NS(=O)(=O)C(C)C)C2=C2C=CC[C@@H](C(=O)N3CC45CCC4(CN(C(C)=O)C5)C3)[C@@H]21. The zero-order valence-corrected chi connectivity index (χ0v) is 30.9. The predicted molar refractivity (Wildman–Crippen MR) is 193 cm³/mol. The number of likely N-dealkylation sites (tertiary alicyclic amines) is 2. The fourth-order valence-electron chi connectivity index (χ4n) is 10.9. The minimum Gasteiger partial charge on any atom is -0.496 e. The molecule has 0 radical (unpaired) electrons. The van der Waals surface area contributed by atoms with Gasteiger partial charge in [-0.1, -0.05) is 37.5 Å². The monoisotopic (exact) mass is 712 g/mol. The molecule has 1 aromatic heterocycles. The van der Waals surface area contributed by atoms with Gasteiger partial charge in [-0.2, -0.15) is 0 Å². The minimum atomic E-state index is -3.84. The van der Waals surface area contributed by atoms with E-state index in [2.05, 4.69) is 44.5 Å². The van der Waals surface area contributed by atoms with Gasteiger partial charge in [0, 0.05) is 67.5 Å². The van der Waals surface area contributed by atoms with Crippen molar-refractivity contribution in [3.8, 4) is 5.75 Å². The highest BCUT2D eigenvalue weighted by Crippen LogP contribution is 2.66. The lowest BCUT2D eigenvalue weighted by atomic mass is 9.53. The Labute approximate surface area is 300 Å². The van der Waals surface area contributed by atoms with Gasteiger partial charge in [0.25, 0.3) is 5.91 Å². The Morgan fingerprint density at radius 1 is 0.980 bits per heavy atom. The highest BCUT2D eigenvalue weighted by Gasteiger charge is 2.69. The standard InChI is InChI=1S/C40H48N4O6S/c1-23(2)51(48,49)41-37(46)35-30-18-44-31(17-29-32(50-4)14-13-26(36(29)44)25-9-6-5-7-10-25)33-27(34(30)35)11-8-12-28(33)38(47)43-21-39-15-16-40(39,22-43)20-42(19-39)24(3)45/h8,11,13-14,17,23,25,28,33H,5-7,9-10,12,15-16,18-22H2,1-4H3,(H,41,46)/t28-,33-,39?,40?/m1/s1. The molecule has 4 atom stereocenters. The molecule has 51 heavy (non-hydrogen) atoms. The summed E-state index contributed by atoms with van der Waals surface area (Å²) in [6.45, 7) is 7.97. The van der Waals surface area contributed by atoms with Gasteiger partial charge in [-0.05, 0) is 86.3 Å². The molecule has 1 N–H and O–H groups in total. The van der Waals surface area contributed by atoms with Gasteiger partial charge in [0.1, 0.15) is 5.75 Å². The molecule has 3 amide bonds. The van der Waals surface area contributed by atoms with Crippen LogP contribution in [0.5, 0.6) is 5.75 Å². The van der Waals surface area contributed by atoms with Crippen LogP contribution in [0.1, 0.15) is 95.2 Å². The number of rotatable bonds is 6. The van der Waals surface area contributed by atoms with E-state index in [-0.39, 0.29) is 34.5 Å². The van der Waals surface area contributed by atoms with E-state index in [1.807, 2.05) is 4.90 Å². The van der Waals surface area contributed by atoms with Crippen molar-refractivity contribution in [1.82, 2.24) is 19.1 Å². The highest BCUT2D eigenvalue weighted by atomic mass is 32.2. The first-order valence-electron chi connectivity index (χ1n) is 18.8. The maximum absolute atomic E-state index is 15.0. The summed E-state index contributed by atoms with van der Waals surface area (Å²) in [5.74, 6) is 0.130. The van der Waals surface area contributed by atoms with Crippen LogP contribution in [-0.4, -0.2) is 79.0 Å². The number of sulfonamides is 1. The Bertz CT molecular complexity index is 2100. The molecule has 270 valence electrons. The van der Waals surface area contributed by atoms with Crippen molar-refractivity contribution in [3.63, 3.8) is 0 Å². The highest BCUT2D eigenvalue weighted by molar-refractivity contribution is 7.90. The first-order valence-corrected chi connectivity index (χ1v) is 20.4. The van der Waals surface area contributed by atoms with E-state index in [0.29, 0.717) is 37.5 Å². The molecular formula is C40H48N4O6S. The number of ether oxygens (including phenoxy) is 1. The second kappa shape index (κ2) is 11.3. The van der Waals surface area contributed by atoms with Crippen LogP contribution in [0.15, 0.2) is 52.6 Å². The third kappa shape index (κ3) is 4.71.